The fourth-order valence-corrected chi connectivity index (χ4v) is 2.32. The summed E-state index contributed by atoms with van der Waals surface area (Å²) in [5.41, 5.74) is -0.148. The highest BCUT2D eigenvalue weighted by molar-refractivity contribution is 5.89. The lowest BCUT2D eigenvalue weighted by atomic mass is 9.90. The highest BCUT2D eigenvalue weighted by Gasteiger charge is 2.42. The van der Waals surface area contributed by atoms with E-state index in [1.807, 2.05) is 32.0 Å². The van der Waals surface area contributed by atoms with Crippen LogP contribution < -0.4 is 10.2 Å². The van der Waals surface area contributed by atoms with E-state index in [1.165, 1.54) is 4.90 Å². The number of hydrogen-bond acceptors (Lipinski definition) is 5. The number of nitrogens with one attached hydrogen (secondary N) is 1. The molecule has 1 aromatic heterocycles. The van der Waals surface area contributed by atoms with Crippen molar-refractivity contribution in [3.05, 3.63) is 11.8 Å². The van der Waals surface area contributed by atoms with Crippen molar-refractivity contribution >= 4 is 23.8 Å². The van der Waals surface area contributed by atoms with E-state index >= 15 is 0 Å². The summed E-state index contributed by atoms with van der Waals surface area (Å²) < 4.78 is 0. The van der Waals surface area contributed by atoms with Gasteiger partial charge in [-0.3, -0.25) is 10.1 Å². The lowest BCUT2D eigenvalue weighted by molar-refractivity contribution is -0.146. The van der Waals surface area contributed by atoms with Gasteiger partial charge in [-0.25, -0.2) is 9.78 Å². The van der Waals surface area contributed by atoms with Gasteiger partial charge in [-0.05, 0) is 20.3 Å². The molecule has 1 unspecified atom stereocenters. The minimum atomic E-state index is -0.889. The van der Waals surface area contributed by atoms with Crippen LogP contribution in [-0.4, -0.2) is 59.2 Å². The second kappa shape index (κ2) is 5.78. The molecule has 1 aromatic rings. The zero-order chi connectivity index (χ0) is 16.5. The van der Waals surface area contributed by atoms with E-state index in [-0.39, 0.29) is 18.5 Å². The Morgan fingerprint density at radius 3 is 2.64 bits per heavy atom. The summed E-state index contributed by atoms with van der Waals surface area (Å²) in [6.45, 7) is 4.05. The third-order valence-electron chi connectivity index (χ3n) is 3.79. The van der Waals surface area contributed by atoms with Crippen molar-refractivity contribution in [2.45, 2.75) is 20.3 Å². The Morgan fingerprint density at radius 2 is 2.09 bits per heavy atom. The number of aliphatic carboxylic acids is 1. The van der Waals surface area contributed by atoms with Gasteiger partial charge in [0.1, 0.15) is 5.82 Å². The first-order valence-electron chi connectivity index (χ1n) is 7.03. The molecule has 1 atom stereocenters. The Morgan fingerprint density at radius 1 is 1.41 bits per heavy atom. The third kappa shape index (κ3) is 3.26. The smallest absolute Gasteiger partial charge is 0.324 e. The summed E-state index contributed by atoms with van der Waals surface area (Å²) in [5.74, 6) is 0.0294. The first-order chi connectivity index (χ1) is 10.2. The van der Waals surface area contributed by atoms with Crippen molar-refractivity contribution < 1.29 is 14.7 Å². The zero-order valence-electron chi connectivity index (χ0n) is 13.3. The Labute approximate surface area is 129 Å². The molecule has 0 radical (unpaired) electrons. The molecule has 2 N–H and O–H groups in total. The topological polar surface area (TPSA) is 98.7 Å². The van der Waals surface area contributed by atoms with Gasteiger partial charge in [0.2, 0.25) is 5.95 Å². The molecule has 1 fully saturated rings. The molecule has 8 nitrogen and oxygen atoms in total. The van der Waals surface area contributed by atoms with Crippen molar-refractivity contribution in [3.8, 4) is 0 Å². The minimum absolute atomic E-state index is 0.181. The number of rotatable bonds is 3. The van der Waals surface area contributed by atoms with Gasteiger partial charge in [0, 0.05) is 38.9 Å². The van der Waals surface area contributed by atoms with Gasteiger partial charge in [0.05, 0.1) is 5.41 Å². The minimum Gasteiger partial charge on any atom is -0.481 e. The number of likely N-dealkylation sites (tertiary alicyclic amines) is 1. The third-order valence-corrected chi connectivity index (χ3v) is 3.79. The van der Waals surface area contributed by atoms with Gasteiger partial charge in [0.15, 0.2) is 0 Å². The Kier molecular flexibility index (Phi) is 4.20. The first kappa shape index (κ1) is 16.0. The number of carbonyl (C=O) groups excluding carboxylic acids is 1. The Bertz CT molecular complexity index is 604. The molecule has 2 amide bonds. The Balaban J connectivity index is 2.09. The van der Waals surface area contributed by atoms with Crippen molar-refractivity contribution in [1.29, 1.82) is 0 Å². The van der Waals surface area contributed by atoms with Gasteiger partial charge >= 0.3 is 12.0 Å². The van der Waals surface area contributed by atoms with Crippen LogP contribution in [0, 0.1) is 12.3 Å². The molecule has 1 aliphatic rings. The maximum Gasteiger partial charge on any atom is 0.324 e. The zero-order valence-corrected chi connectivity index (χ0v) is 13.3. The van der Waals surface area contributed by atoms with Gasteiger partial charge < -0.3 is 14.9 Å². The molecule has 0 spiro atoms. The van der Waals surface area contributed by atoms with Crippen molar-refractivity contribution in [2.24, 2.45) is 5.41 Å². The van der Waals surface area contributed by atoms with E-state index in [1.54, 1.807) is 6.92 Å². The monoisotopic (exact) mass is 307 g/mol. The molecule has 0 aromatic carbocycles. The van der Waals surface area contributed by atoms with Crippen LogP contribution in [0.5, 0.6) is 0 Å². The summed E-state index contributed by atoms with van der Waals surface area (Å²) in [7, 11) is 3.71. The van der Waals surface area contributed by atoms with Crippen LogP contribution in [0.1, 0.15) is 19.0 Å². The average molecular weight is 307 g/mol. The summed E-state index contributed by atoms with van der Waals surface area (Å²) in [6.07, 6.45) is 0.438. The quantitative estimate of drug-likeness (QED) is 0.870. The number of aryl methyl sites for hydroxylation is 1. The summed E-state index contributed by atoms with van der Waals surface area (Å²) in [4.78, 5) is 35.2. The number of carboxylic acid groups (broad SMARTS) is 1. The van der Waals surface area contributed by atoms with Crippen LogP contribution in [0.2, 0.25) is 0 Å². The molecule has 8 heteroatoms. The fourth-order valence-electron chi connectivity index (χ4n) is 2.32. The van der Waals surface area contributed by atoms with Crippen LogP contribution in [0.25, 0.3) is 0 Å². The van der Waals surface area contributed by atoms with E-state index in [9.17, 15) is 14.7 Å². The number of aromatic nitrogens is 2. The number of carbonyl (C=O) groups is 2. The number of urea groups is 1. The summed E-state index contributed by atoms with van der Waals surface area (Å²) in [5, 5.41) is 11.8. The predicted octanol–water partition coefficient (Wildman–Crippen LogP) is 1.18. The number of anilines is 2. The molecule has 2 rings (SSSR count). The van der Waals surface area contributed by atoms with Crippen LogP contribution in [-0.2, 0) is 4.79 Å². The van der Waals surface area contributed by atoms with Crippen LogP contribution in [0.15, 0.2) is 6.07 Å². The van der Waals surface area contributed by atoms with Crippen molar-refractivity contribution in [2.75, 3.05) is 37.4 Å². The second-order valence-corrected chi connectivity index (χ2v) is 6.05. The molecule has 22 heavy (non-hydrogen) atoms. The highest BCUT2D eigenvalue weighted by Crippen LogP contribution is 2.30. The van der Waals surface area contributed by atoms with Gasteiger partial charge in [-0.2, -0.15) is 4.98 Å². The van der Waals surface area contributed by atoms with E-state index in [0.717, 1.165) is 5.69 Å². The van der Waals surface area contributed by atoms with E-state index < -0.39 is 11.4 Å². The molecule has 2 heterocycles. The number of carboxylic acids is 1. The predicted molar refractivity (Wildman–Crippen MR) is 82.0 cm³/mol. The molecular formula is C14H21N5O3. The van der Waals surface area contributed by atoms with Gasteiger partial charge in [-0.15, -0.1) is 0 Å². The van der Waals surface area contributed by atoms with Crippen LogP contribution >= 0.6 is 0 Å². The second-order valence-electron chi connectivity index (χ2n) is 6.05. The number of nitrogens with zero attached hydrogens (tertiary/aromatic N) is 4. The fraction of sp³-hybridized carbons (Fsp3) is 0.571. The first-order valence-corrected chi connectivity index (χ1v) is 7.03. The molecular weight excluding hydrogens is 286 g/mol. The molecule has 0 bridgehead atoms. The van der Waals surface area contributed by atoms with E-state index in [2.05, 4.69) is 15.3 Å². The normalized spacial score (nSPS) is 20.8. The van der Waals surface area contributed by atoms with Gasteiger partial charge in [0.25, 0.3) is 0 Å². The van der Waals surface area contributed by atoms with Crippen LogP contribution in [0.4, 0.5) is 16.6 Å². The summed E-state index contributed by atoms with van der Waals surface area (Å²) in [6, 6.07) is 1.44. The number of hydrogen-bond donors (Lipinski definition) is 2. The molecule has 1 aliphatic heterocycles. The van der Waals surface area contributed by atoms with E-state index in [0.29, 0.717) is 18.8 Å². The van der Waals surface area contributed by atoms with E-state index in [4.69, 9.17) is 0 Å². The summed E-state index contributed by atoms with van der Waals surface area (Å²) >= 11 is 0. The lowest BCUT2D eigenvalue weighted by Gasteiger charge is -2.20. The highest BCUT2D eigenvalue weighted by atomic mass is 16.4. The Hall–Kier alpha value is -2.38. The SMILES string of the molecule is Cc1cc(N(C)C)nc(NC(=O)N2CCC(C)(C(=O)O)C2)n1. The molecule has 0 aliphatic carbocycles. The largest absolute Gasteiger partial charge is 0.481 e. The molecule has 0 saturated carbocycles. The van der Waals surface area contributed by atoms with Crippen LogP contribution in [0.3, 0.4) is 0 Å². The molecule has 1 saturated heterocycles. The van der Waals surface area contributed by atoms with Gasteiger partial charge in [-0.1, -0.05) is 0 Å². The standard InChI is InChI=1S/C14H21N5O3/c1-9-7-10(18(3)4)16-12(15-9)17-13(22)19-6-5-14(2,8-19)11(20)21/h7H,5-6,8H2,1-4H3,(H,20,21)(H,15,16,17,22). The maximum absolute atomic E-state index is 12.2. The average Bonchev–Trinajstić information content (AvgIpc) is 2.82. The number of amides is 2. The van der Waals surface area contributed by atoms with Crippen molar-refractivity contribution in [1.82, 2.24) is 14.9 Å². The lowest BCUT2D eigenvalue weighted by Crippen LogP contribution is -2.37. The van der Waals surface area contributed by atoms with Crippen molar-refractivity contribution in [3.63, 3.8) is 0 Å². The maximum atomic E-state index is 12.2. The molecule has 120 valence electrons.